The smallest absolute Gasteiger partial charge is 0.124 e. The number of benzene rings is 1. The highest BCUT2D eigenvalue weighted by Crippen LogP contribution is 2.30. The first-order valence-electron chi connectivity index (χ1n) is 6.86. The molecule has 0 spiro atoms. The SMILES string of the molecule is COc1cc(OC)cc(N2CCC(NC(C)C)C2)c1. The average molecular weight is 264 g/mol. The quantitative estimate of drug-likeness (QED) is 0.884. The van der Waals surface area contributed by atoms with E-state index < -0.39 is 0 Å². The Morgan fingerprint density at radius 3 is 2.32 bits per heavy atom. The Bertz CT molecular complexity index is 398. The molecule has 1 heterocycles. The number of nitrogens with one attached hydrogen (secondary N) is 1. The fraction of sp³-hybridized carbons (Fsp3) is 0.600. The first kappa shape index (κ1) is 14.0. The van der Waals surface area contributed by atoms with Crippen LogP contribution in [0.1, 0.15) is 20.3 Å². The van der Waals surface area contributed by atoms with E-state index in [0.717, 1.165) is 24.6 Å². The van der Waals surface area contributed by atoms with Crippen LogP contribution in [0.3, 0.4) is 0 Å². The lowest BCUT2D eigenvalue weighted by molar-refractivity contribution is 0.394. The minimum absolute atomic E-state index is 0.532. The molecular formula is C15H24N2O2. The van der Waals surface area contributed by atoms with Crippen LogP contribution in [0.2, 0.25) is 0 Å². The molecule has 1 fully saturated rings. The second-order valence-corrected chi connectivity index (χ2v) is 5.32. The van der Waals surface area contributed by atoms with Crippen molar-refractivity contribution in [1.29, 1.82) is 0 Å². The molecule has 1 saturated heterocycles. The number of nitrogens with zero attached hydrogens (tertiary/aromatic N) is 1. The van der Waals surface area contributed by atoms with Gasteiger partial charge in [0.1, 0.15) is 11.5 Å². The van der Waals surface area contributed by atoms with E-state index in [1.54, 1.807) is 14.2 Å². The molecule has 1 aliphatic heterocycles. The highest BCUT2D eigenvalue weighted by Gasteiger charge is 2.23. The maximum atomic E-state index is 5.33. The number of ether oxygens (including phenoxy) is 2. The van der Waals surface area contributed by atoms with Crippen LogP contribution in [0.4, 0.5) is 5.69 Å². The summed E-state index contributed by atoms with van der Waals surface area (Å²) in [6.07, 6.45) is 1.18. The van der Waals surface area contributed by atoms with E-state index >= 15 is 0 Å². The summed E-state index contributed by atoms with van der Waals surface area (Å²) in [5, 5.41) is 3.59. The minimum Gasteiger partial charge on any atom is -0.497 e. The molecule has 1 aromatic rings. The number of anilines is 1. The van der Waals surface area contributed by atoms with E-state index in [0.29, 0.717) is 12.1 Å². The third-order valence-electron chi connectivity index (χ3n) is 3.46. The van der Waals surface area contributed by atoms with Gasteiger partial charge in [0, 0.05) is 49.1 Å². The maximum absolute atomic E-state index is 5.33. The zero-order valence-corrected chi connectivity index (χ0v) is 12.3. The summed E-state index contributed by atoms with van der Waals surface area (Å²) < 4.78 is 10.7. The predicted molar refractivity (Wildman–Crippen MR) is 78.4 cm³/mol. The molecule has 1 aromatic carbocycles. The Kier molecular flexibility index (Phi) is 4.53. The monoisotopic (exact) mass is 264 g/mol. The van der Waals surface area contributed by atoms with Gasteiger partial charge in [0.2, 0.25) is 0 Å². The van der Waals surface area contributed by atoms with Crippen LogP contribution < -0.4 is 19.7 Å². The predicted octanol–water partition coefficient (Wildman–Crippen LogP) is 2.28. The topological polar surface area (TPSA) is 33.7 Å². The van der Waals surface area contributed by atoms with E-state index in [4.69, 9.17) is 9.47 Å². The first-order chi connectivity index (χ1) is 9.12. The Morgan fingerprint density at radius 1 is 1.16 bits per heavy atom. The molecular weight excluding hydrogens is 240 g/mol. The van der Waals surface area contributed by atoms with Crippen molar-refractivity contribution < 1.29 is 9.47 Å². The number of hydrogen-bond donors (Lipinski definition) is 1. The second kappa shape index (κ2) is 6.15. The minimum atomic E-state index is 0.532. The van der Waals surface area contributed by atoms with Gasteiger partial charge in [0.25, 0.3) is 0 Å². The Morgan fingerprint density at radius 2 is 1.79 bits per heavy atom. The zero-order chi connectivity index (χ0) is 13.8. The number of methoxy groups -OCH3 is 2. The van der Waals surface area contributed by atoms with Gasteiger partial charge in [-0.25, -0.2) is 0 Å². The molecule has 4 nitrogen and oxygen atoms in total. The van der Waals surface area contributed by atoms with E-state index in [1.807, 2.05) is 6.07 Å². The van der Waals surface area contributed by atoms with Gasteiger partial charge in [-0.05, 0) is 6.42 Å². The molecule has 0 aliphatic carbocycles. The van der Waals surface area contributed by atoms with Gasteiger partial charge in [-0.15, -0.1) is 0 Å². The van der Waals surface area contributed by atoms with Gasteiger partial charge in [-0.2, -0.15) is 0 Å². The molecule has 1 aliphatic rings. The zero-order valence-electron chi connectivity index (χ0n) is 12.3. The van der Waals surface area contributed by atoms with Crippen LogP contribution in [-0.4, -0.2) is 39.4 Å². The lowest BCUT2D eigenvalue weighted by atomic mass is 10.2. The van der Waals surface area contributed by atoms with Crippen molar-refractivity contribution in [1.82, 2.24) is 5.32 Å². The van der Waals surface area contributed by atoms with Crippen molar-refractivity contribution in [2.45, 2.75) is 32.4 Å². The summed E-state index contributed by atoms with van der Waals surface area (Å²) in [6.45, 7) is 6.49. The summed E-state index contributed by atoms with van der Waals surface area (Å²) in [5.41, 5.74) is 1.17. The van der Waals surface area contributed by atoms with Crippen molar-refractivity contribution in [3.05, 3.63) is 18.2 Å². The summed E-state index contributed by atoms with van der Waals surface area (Å²) in [5.74, 6) is 1.68. The first-order valence-corrected chi connectivity index (χ1v) is 6.86. The molecule has 0 aromatic heterocycles. The third-order valence-corrected chi connectivity index (χ3v) is 3.46. The summed E-state index contributed by atoms with van der Waals surface area (Å²) in [6, 6.07) is 7.14. The van der Waals surface area contributed by atoms with Gasteiger partial charge in [-0.1, -0.05) is 13.8 Å². The van der Waals surface area contributed by atoms with Crippen LogP contribution in [0.15, 0.2) is 18.2 Å². The molecule has 1 atom stereocenters. The van der Waals surface area contributed by atoms with Crippen LogP contribution in [0.5, 0.6) is 11.5 Å². The van der Waals surface area contributed by atoms with Crippen LogP contribution in [0.25, 0.3) is 0 Å². The van der Waals surface area contributed by atoms with Crippen molar-refractivity contribution in [2.24, 2.45) is 0 Å². The van der Waals surface area contributed by atoms with E-state index in [2.05, 4.69) is 36.2 Å². The molecule has 0 radical (unpaired) electrons. The van der Waals surface area contributed by atoms with Gasteiger partial charge in [-0.3, -0.25) is 0 Å². The van der Waals surface area contributed by atoms with Crippen LogP contribution in [0, 0.1) is 0 Å². The number of hydrogen-bond acceptors (Lipinski definition) is 4. The van der Waals surface area contributed by atoms with Crippen LogP contribution in [-0.2, 0) is 0 Å². The highest BCUT2D eigenvalue weighted by molar-refractivity contribution is 5.56. The van der Waals surface area contributed by atoms with Gasteiger partial charge >= 0.3 is 0 Å². The van der Waals surface area contributed by atoms with E-state index in [-0.39, 0.29) is 0 Å². The lowest BCUT2D eigenvalue weighted by Crippen LogP contribution is -2.37. The molecule has 0 amide bonds. The van der Waals surface area contributed by atoms with Crippen molar-refractivity contribution >= 4 is 5.69 Å². The molecule has 2 rings (SSSR count). The second-order valence-electron chi connectivity index (χ2n) is 5.32. The molecule has 1 N–H and O–H groups in total. The van der Waals surface area contributed by atoms with E-state index in [9.17, 15) is 0 Å². The van der Waals surface area contributed by atoms with Crippen LogP contribution >= 0.6 is 0 Å². The van der Waals surface area contributed by atoms with E-state index in [1.165, 1.54) is 12.1 Å². The summed E-state index contributed by atoms with van der Waals surface area (Å²) in [4.78, 5) is 2.38. The molecule has 0 saturated carbocycles. The maximum Gasteiger partial charge on any atom is 0.124 e. The molecule has 19 heavy (non-hydrogen) atoms. The van der Waals surface area contributed by atoms with Crippen molar-refractivity contribution in [3.63, 3.8) is 0 Å². The fourth-order valence-electron chi connectivity index (χ4n) is 2.58. The average Bonchev–Trinajstić information content (AvgIpc) is 2.85. The normalized spacial score (nSPS) is 19.0. The van der Waals surface area contributed by atoms with Crippen molar-refractivity contribution in [3.8, 4) is 11.5 Å². The third kappa shape index (κ3) is 3.53. The molecule has 0 bridgehead atoms. The molecule has 4 heteroatoms. The van der Waals surface area contributed by atoms with Gasteiger partial charge in [0.05, 0.1) is 14.2 Å². The number of rotatable bonds is 5. The largest absolute Gasteiger partial charge is 0.497 e. The Balaban J connectivity index is 2.10. The fourth-order valence-corrected chi connectivity index (χ4v) is 2.58. The van der Waals surface area contributed by atoms with Gasteiger partial charge in [0.15, 0.2) is 0 Å². The summed E-state index contributed by atoms with van der Waals surface area (Å²) >= 11 is 0. The van der Waals surface area contributed by atoms with Crippen molar-refractivity contribution in [2.75, 3.05) is 32.2 Å². The molecule has 106 valence electrons. The lowest BCUT2D eigenvalue weighted by Gasteiger charge is -2.21. The standard InChI is InChI=1S/C15H24N2O2/c1-11(2)16-12-5-6-17(10-12)13-7-14(18-3)9-15(8-13)19-4/h7-9,11-12,16H,5-6,10H2,1-4H3. The molecule has 1 unspecified atom stereocenters. The highest BCUT2D eigenvalue weighted by atomic mass is 16.5. The summed E-state index contributed by atoms with van der Waals surface area (Å²) in [7, 11) is 3.37. The Hall–Kier alpha value is -1.42. The van der Waals surface area contributed by atoms with Gasteiger partial charge < -0.3 is 19.7 Å². The Labute approximate surface area is 115 Å².